The molecule has 0 amide bonds. The number of aromatic amines is 1. The van der Waals surface area contributed by atoms with E-state index in [0.29, 0.717) is 17.2 Å². The van der Waals surface area contributed by atoms with Crippen LogP contribution in [0, 0.1) is 4.77 Å². The molecule has 0 aromatic carbocycles. The fourth-order valence-electron chi connectivity index (χ4n) is 1.71. The molecular formula is C8H11N3S. The van der Waals surface area contributed by atoms with Crippen molar-refractivity contribution >= 4 is 12.2 Å². The van der Waals surface area contributed by atoms with E-state index >= 15 is 0 Å². The summed E-state index contributed by atoms with van der Waals surface area (Å²) < 4.78 is 0.564. The van der Waals surface area contributed by atoms with Crippen molar-refractivity contribution < 1.29 is 0 Å². The third-order valence-corrected chi connectivity index (χ3v) is 2.59. The normalized spacial score (nSPS) is 20.9. The number of nitrogens with zero attached hydrogens (tertiary/aromatic N) is 1. The molecule has 3 nitrogen and oxygen atoms in total. The van der Waals surface area contributed by atoms with Gasteiger partial charge >= 0.3 is 0 Å². The van der Waals surface area contributed by atoms with Gasteiger partial charge in [-0.3, -0.25) is 0 Å². The van der Waals surface area contributed by atoms with Crippen molar-refractivity contribution in [1.82, 2.24) is 9.97 Å². The lowest BCUT2D eigenvalue weighted by Crippen LogP contribution is -2.10. The summed E-state index contributed by atoms with van der Waals surface area (Å²) in [5, 5.41) is 0. The minimum Gasteiger partial charge on any atom is -0.334 e. The van der Waals surface area contributed by atoms with Gasteiger partial charge in [-0.15, -0.1) is 0 Å². The maximum atomic E-state index is 5.62. The van der Waals surface area contributed by atoms with Crippen molar-refractivity contribution in [3.8, 4) is 0 Å². The lowest BCUT2D eigenvalue weighted by atomic mass is 10.1. The zero-order chi connectivity index (χ0) is 8.55. The predicted molar refractivity (Wildman–Crippen MR) is 49.5 cm³/mol. The Hall–Kier alpha value is -0.740. The number of fused-ring (bicyclic) bond motifs is 1. The zero-order valence-electron chi connectivity index (χ0n) is 6.71. The number of rotatable bonds is 1. The minimum atomic E-state index is 0.463. The molecule has 1 heterocycles. The molecule has 0 radical (unpaired) electrons. The van der Waals surface area contributed by atoms with Crippen LogP contribution in [0.3, 0.4) is 0 Å². The Kier molecular flexibility index (Phi) is 1.94. The second-order valence-electron chi connectivity index (χ2n) is 3.10. The van der Waals surface area contributed by atoms with E-state index < -0.39 is 0 Å². The summed E-state index contributed by atoms with van der Waals surface area (Å²) in [6.45, 7) is 0.697. The summed E-state index contributed by atoms with van der Waals surface area (Å²) in [7, 11) is 0. The van der Waals surface area contributed by atoms with Gasteiger partial charge in [-0.25, -0.2) is 4.98 Å². The van der Waals surface area contributed by atoms with E-state index in [9.17, 15) is 0 Å². The summed E-state index contributed by atoms with van der Waals surface area (Å²) in [6.07, 6.45) is 4.07. The van der Waals surface area contributed by atoms with E-state index in [0.717, 1.165) is 12.8 Å². The van der Waals surface area contributed by atoms with Gasteiger partial charge in [0.15, 0.2) is 4.77 Å². The van der Waals surface area contributed by atoms with Crippen molar-refractivity contribution in [3.05, 3.63) is 22.2 Å². The molecule has 12 heavy (non-hydrogen) atoms. The first-order valence-electron chi connectivity index (χ1n) is 4.09. The molecule has 0 spiro atoms. The highest BCUT2D eigenvalue weighted by Crippen LogP contribution is 2.29. The number of nitrogens with one attached hydrogen (secondary N) is 1. The molecule has 1 aromatic rings. The number of nitrogens with two attached hydrogens (primary N) is 1. The molecule has 0 aliphatic heterocycles. The SMILES string of the molecule is NCC1CCc2cnc(=S)[nH]c21. The first kappa shape index (κ1) is 7.89. The monoisotopic (exact) mass is 181 g/mol. The fraction of sp³-hybridized carbons (Fsp3) is 0.500. The van der Waals surface area contributed by atoms with Crippen molar-refractivity contribution in [3.63, 3.8) is 0 Å². The maximum Gasteiger partial charge on any atom is 0.196 e. The average Bonchev–Trinajstić information content (AvgIpc) is 2.46. The molecule has 1 atom stereocenters. The molecule has 0 saturated carbocycles. The van der Waals surface area contributed by atoms with Crippen LogP contribution in [0.15, 0.2) is 6.20 Å². The van der Waals surface area contributed by atoms with Gasteiger partial charge in [0, 0.05) is 24.4 Å². The Morgan fingerprint density at radius 2 is 2.58 bits per heavy atom. The molecule has 0 saturated heterocycles. The highest BCUT2D eigenvalue weighted by Gasteiger charge is 2.21. The molecule has 2 rings (SSSR count). The van der Waals surface area contributed by atoms with Gasteiger partial charge in [-0.05, 0) is 30.6 Å². The number of hydrogen-bond donors (Lipinski definition) is 2. The van der Waals surface area contributed by atoms with Crippen LogP contribution in [0.5, 0.6) is 0 Å². The van der Waals surface area contributed by atoms with Gasteiger partial charge in [0.25, 0.3) is 0 Å². The Bertz CT molecular complexity index is 344. The second-order valence-corrected chi connectivity index (χ2v) is 3.49. The second kappa shape index (κ2) is 2.95. The molecule has 1 unspecified atom stereocenters. The predicted octanol–water partition coefficient (Wildman–Crippen LogP) is 1.13. The van der Waals surface area contributed by atoms with Gasteiger partial charge < -0.3 is 10.7 Å². The van der Waals surface area contributed by atoms with Gasteiger partial charge in [0.1, 0.15) is 0 Å². The summed E-state index contributed by atoms with van der Waals surface area (Å²) in [6, 6.07) is 0. The summed E-state index contributed by atoms with van der Waals surface area (Å²) in [5.41, 5.74) is 8.11. The number of hydrogen-bond acceptors (Lipinski definition) is 3. The van der Waals surface area contributed by atoms with Gasteiger partial charge in [0.05, 0.1) is 0 Å². The first-order chi connectivity index (χ1) is 5.81. The first-order valence-corrected chi connectivity index (χ1v) is 4.50. The maximum absolute atomic E-state index is 5.62. The molecule has 3 N–H and O–H groups in total. The van der Waals surface area contributed by atoms with E-state index in [1.54, 1.807) is 0 Å². The molecule has 0 fully saturated rings. The quantitative estimate of drug-likeness (QED) is 0.638. The molecule has 1 aliphatic carbocycles. The summed E-state index contributed by atoms with van der Waals surface area (Å²) >= 11 is 4.95. The molecular weight excluding hydrogens is 170 g/mol. The Morgan fingerprint density at radius 1 is 1.75 bits per heavy atom. The minimum absolute atomic E-state index is 0.463. The Balaban J connectivity index is 2.49. The van der Waals surface area contributed by atoms with Crippen molar-refractivity contribution in [2.75, 3.05) is 6.54 Å². The molecule has 0 bridgehead atoms. The van der Waals surface area contributed by atoms with E-state index in [-0.39, 0.29) is 0 Å². The van der Waals surface area contributed by atoms with Crippen molar-refractivity contribution in [2.45, 2.75) is 18.8 Å². The van der Waals surface area contributed by atoms with E-state index in [2.05, 4.69) is 9.97 Å². The van der Waals surface area contributed by atoms with Crippen LogP contribution < -0.4 is 5.73 Å². The van der Waals surface area contributed by atoms with Gasteiger partial charge in [-0.1, -0.05) is 0 Å². The highest BCUT2D eigenvalue weighted by molar-refractivity contribution is 7.71. The Labute approximate surface area is 76.0 Å². The van der Waals surface area contributed by atoms with E-state index in [1.165, 1.54) is 11.3 Å². The van der Waals surface area contributed by atoms with E-state index in [1.807, 2.05) is 6.20 Å². The topological polar surface area (TPSA) is 54.7 Å². The molecule has 64 valence electrons. The van der Waals surface area contributed by atoms with Crippen molar-refractivity contribution in [1.29, 1.82) is 0 Å². The summed E-state index contributed by atoms with van der Waals surface area (Å²) in [4.78, 5) is 7.15. The largest absolute Gasteiger partial charge is 0.334 e. The zero-order valence-corrected chi connectivity index (χ0v) is 7.53. The van der Waals surface area contributed by atoms with Crippen LogP contribution in [-0.4, -0.2) is 16.5 Å². The highest BCUT2D eigenvalue weighted by atomic mass is 32.1. The smallest absolute Gasteiger partial charge is 0.196 e. The van der Waals surface area contributed by atoms with Crippen LogP contribution in [-0.2, 0) is 6.42 Å². The lowest BCUT2D eigenvalue weighted by molar-refractivity contribution is 0.673. The van der Waals surface area contributed by atoms with Crippen molar-refractivity contribution in [2.24, 2.45) is 5.73 Å². The molecule has 1 aliphatic rings. The third kappa shape index (κ3) is 1.17. The summed E-state index contributed by atoms with van der Waals surface area (Å²) in [5.74, 6) is 0.463. The average molecular weight is 181 g/mol. The lowest BCUT2D eigenvalue weighted by Gasteiger charge is -2.06. The van der Waals surface area contributed by atoms with Crippen LogP contribution in [0.4, 0.5) is 0 Å². The van der Waals surface area contributed by atoms with Crippen LogP contribution >= 0.6 is 12.2 Å². The van der Waals surface area contributed by atoms with Crippen LogP contribution in [0.1, 0.15) is 23.6 Å². The van der Waals surface area contributed by atoms with Gasteiger partial charge in [-0.2, -0.15) is 0 Å². The van der Waals surface area contributed by atoms with Crippen LogP contribution in [0.2, 0.25) is 0 Å². The number of aryl methyl sites for hydroxylation is 1. The number of H-pyrrole nitrogens is 1. The fourth-order valence-corrected chi connectivity index (χ4v) is 1.87. The molecule has 4 heteroatoms. The third-order valence-electron chi connectivity index (χ3n) is 2.38. The number of aromatic nitrogens is 2. The molecule has 1 aromatic heterocycles. The standard InChI is InChI=1S/C8H11N3S/c9-3-5-1-2-6-4-10-8(12)11-7(5)6/h4-5H,1-3,9H2,(H,10,11,12). The van der Waals surface area contributed by atoms with Crippen LogP contribution in [0.25, 0.3) is 0 Å². The van der Waals surface area contributed by atoms with E-state index in [4.69, 9.17) is 18.0 Å². The Morgan fingerprint density at radius 3 is 3.33 bits per heavy atom. The van der Waals surface area contributed by atoms with Gasteiger partial charge in [0.2, 0.25) is 0 Å².